The third-order valence-corrected chi connectivity index (χ3v) is 4.47. The summed E-state index contributed by atoms with van der Waals surface area (Å²) in [7, 11) is 0. The zero-order chi connectivity index (χ0) is 23.5. The van der Waals surface area contributed by atoms with Crippen molar-refractivity contribution >= 4 is 5.91 Å². The first kappa shape index (κ1) is 22.7. The number of ether oxygens (including phenoxy) is 1. The van der Waals surface area contributed by atoms with E-state index in [2.05, 4.69) is 4.98 Å². The molecular formula is C22H16F3N3O4. The molecular weight excluding hydrogens is 427 g/mol. The van der Waals surface area contributed by atoms with Gasteiger partial charge in [0.05, 0.1) is 28.6 Å². The second-order valence-electron chi connectivity index (χ2n) is 6.68. The highest BCUT2D eigenvalue weighted by Gasteiger charge is 2.34. The van der Waals surface area contributed by atoms with Gasteiger partial charge < -0.3 is 20.7 Å². The summed E-state index contributed by atoms with van der Waals surface area (Å²) < 4.78 is 44.8. The first-order chi connectivity index (χ1) is 15.1. The summed E-state index contributed by atoms with van der Waals surface area (Å²) in [4.78, 5) is 15.3. The highest BCUT2D eigenvalue weighted by molar-refractivity contribution is 5.79. The molecule has 0 aliphatic heterocycles. The minimum absolute atomic E-state index is 0.0337. The number of amides is 1. The van der Waals surface area contributed by atoms with Crippen LogP contribution in [0.1, 0.15) is 22.9 Å². The van der Waals surface area contributed by atoms with E-state index in [-0.39, 0.29) is 17.2 Å². The van der Waals surface area contributed by atoms with Crippen molar-refractivity contribution in [2.75, 3.05) is 0 Å². The standard InChI is InChI=1S/C22H16F3N3O4/c23-22(24,25)16-10-15(9-6-13(16)11-26)32-14-7-4-12(5-8-14)17-2-1-3-18(28-17)19(29)20(30)21(27)31/h1-10,19-20,29-30H,(H2,27,31). The SMILES string of the molecule is N#Cc1ccc(Oc2ccc(-c3cccc(C(O)C(O)C(N)=O)n3)cc2)cc1C(F)(F)F. The van der Waals surface area contributed by atoms with Crippen molar-refractivity contribution in [3.63, 3.8) is 0 Å². The highest BCUT2D eigenvalue weighted by Crippen LogP contribution is 2.35. The van der Waals surface area contributed by atoms with E-state index in [1.165, 1.54) is 30.3 Å². The van der Waals surface area contributed by atoms with Crippen LogP contribution in [0.4, 0.5) is 13.2 Å². The summed E-state index contributed by atoms with van der Waals surface area (Å²) >= 11 is 0. The van der Waals surface area contributed by atoms with E-state index >= 15 is 0 Å². The van der Waals surface area contributed by atoms with Crippen molar-refractivity contribution in [2.45, 2.75) is 18.4 Å². The van der Waals surface area contributed by atoms with Gasteiger partial charge in [-0.2, -0.15) is 18.4 Å². The summed E-state index contributed by atoms with van der Waals surface area (Å²) in [6.07, 6.45) is -8.12. The lowest BCUT2D eigenvalue weighted by Crippen LogP contribution is -2.34. The lowest BCUT2D eigenvalue weighted by molar-refractivity contribution is -0.138. The predicted molar refractivity (Wildman–Crippen MR) is 106 cm³/mol. The van der Waals surface area contributed by atoms with Gasteiger partial charge in [-0.05, 0) is 54.6 Å². The van der Waals surface area contributed by atoms with Crippen LogP contribution >= 0.6 is 0 Å². The number of nitrogens with two attached hydrogens (primary N) is 1. The van der Waals surface area contributed by atoms with E-state index in [1.54, 1.807) is 24.3 Å². The van der Waals surface area contributed by atoms with E-state index in [0.29, 0.717) is 11.3 Å². The van der Waals surface area contributed by atoms with Gasteiger partial charge in [-0.1, -0.05) is 6.07 Å². The number of aliphatic hydroxyl groups excluding tert-OH is 2. The Balaban J connectivity index is 1.82. The Morgan fingerprint density at radius 1 is 1.06 bits per heavy atom. The number of nitrogens with zero attached hydrogens (tertiary/aromatic N) is 2. The molecule has 0 saturated heterocycles. The van der Waals surface area contributed by atoms with Gasteiger partial charge in [0.2, 0.25) is 5.91 Å². The van der Waals surface area contributed by atoms with Crippen LogP contribution in [-0.4, -0.2) is 27.2 Å². The molecule has 0 aliphatic carbocycles. The average molecular weight is 443 g/mol. The third-order valence-electron chi connectivity index (χ3n) is 4.47. The summed E-state index contributed by atoms with van der Waals surface area (Å²) in [5, 5.41) is 28.5. The maximum absolute atomic E-state index is 13.1. The molecule has 0 radical (unpaired) electrons. The molecule has 3 rings (SSSR count). The van der Waals surface area contributed by atoms with Gasteiger partial charge in [-0.25, -0.2) is 4.98 Å². The molecule has 164 valence electrons. The Kier molecular flexibility index (Phi) is 6.43. The molecule has 0 bridgehead atoms. The fourth-order valence-corrected chi connectivity index (χ4v) is 2.84. The molecule has 0 spiro atoms. The number of hydrogen-bond acceptors (Lipinski definition) is 6. The van der Waals surface area contributed by atoms with Crippen LogP contribution in [0.25, 0.3) is 11.3 Å². The van der Waals surface area contributed by atoms with Gasteiger partial charge in [0.15, 0.2) is 6.10 Å². The Hall–Kier alpha value is -3.94. The van der Waals surface area contributed by atoms with Crippen LogP contribution in [0.5, 0.6) is 11.5 Å². The maximum atomic E-state index is 13.1. The smallest absolute Gasteiger partial charge is 0.417 e. The van der Waals surface area contributed by atoms with E-state index in [9.17, 15) is 28.2 Å². The Labute approximate surface area is 180 Å². The van der Waals surface area contributed by atoms with E-state index < -0.39 is 35.4 Å². The fraction of sp³-hybridized carbons (Fsp3) is 0.136. The molecule has 7 nitrogen and oxygen atoms in total. The molecule has 4 N–H and O–H groups in total. The molecule has 2 unspecified atom stereocenters. The minimum atomic E-state index is -4.70. The normalized spacial score (nSPS) is 13.1. The van der Waals surface area contributed by atoms with Gasteiger partial charge >= 0.3 is 6.18 Å². The zero-order valence-corrected chi connectivity index (χ0v) is 16.2. The van der Waals surface area contributed by atoms with Crippen LogP contribution < -0.4 is 10.5 Å². The summed E-state index contributed by atoms with van der Waals surface area (Å²) in [5.74, 6) is -0.942. The largest absolute Gasteiger partial charge is 0.457 e. The quantitative estimate of drug-likeness (QED) is 0.536. The number of carbonyl (C=O) groups is 1. The van der Waals surface area contributed by atoms with Crippen molar-refractivity contribution in [3.05, 3.63) is 77.5 Å². The number of primary amides is 1. The Bertz CT molecular complexity index is 1170. The number of hydrogen-bond donors (Lipinski definition) is 3. The molecule has 2 aromatic carbocycles. The number of nitriles is 1. The van der Waals surface area contributed by atoms with E-state index in [4.69, 9.17) is 15.7 Å². The van der Waals surface area contributed by atoms with E-state index in [0.717, 1.165) is 12.1 Å². The maximum Gasteiger partial charge on any atom is 0.417 e. The van der Waals surface area contributed by atoms with Crippen molar-refractivity contribution in [2.24, 2.45) is 5.73 Å². The van der Waals surface area contributed by atoms with E-state index in [1.807, 2.05) is 0 Å². The Morgan fingerprint density at radius 3 is 2.31 bits per heavy atom. The van der Waals surface area contributed by atoms with Gasteiger partial charge in [0.25, 0.3) is 0 Å². The second-order valence-corrected chi connectivity index (χ2v) is 6.68. The lowest BCUT2D eigenvalue weighted by Gasteiger charge is -2.15. The number of rotatable bonds is 6. The third kappa shape index (κ3) is 5.03. The van der Waals surface area contributed by atoms with Crippen LogP contribution in [-0.2, 0) is 11.0 Å². The second kappa shape index (κ2) is 9.05. The number of pyridine rings is 1. The van der Waals surface area contributed by atoms with Gasteiger partial charge in [0.1, 0.15) is 17.6 Å². The van der Waals surface area contributed by atoms with Crippen LogP contribution in [0.2, 0.25) is 0 Å². The lowest BCUT2D eigenvalue weighted by atomic mass is 10.1. The zero-order valence-electron chi connectivity index (χ0n) is 16.2. The number of alkyl halides is 3. The number of aliphatic hydroxyl groups is 2. The van der Waals surface area contributed by atoms with Crippen molar-refractivity contribution in [1.29, 1.82) is 5.26 Å². The van der Waals surface area contributed by atoms with Crippen LogP contribution in [0.15, 0.2) is 60.7 Å². The molecule has 32 heavy (non-hydrogen) atoms. The van der Waals surface area contributed by atoms with Gasteiger partial charge in [-0.15, -0.1) is 0 Å². The first-order valence-electron chi connectivity index (χ1n) is 9.12. The van der Waals surface area contributed by atoms with Crippen LogP contribution in [0, 0.1) is 11.3 Å². The topological polar surface area (TPSA) is 129 Å². The molecule has 1 amide bonds. The number of benzene rings is 2. The van der Waals surface area contributed by atoms with Gasteiger partial charge in [0, 0.05) is 5.56 Å². The highest BCUT2D eigenvalue weighted by atomic mass is 19.4. The summed E-state index contributed by atoms with van der Waals surface area (Å²) in [6, 6.07) is 15.3. The first-order valence-corrected chi connectivity index (χ1v) is 9.12. The van der Waals surface area contributed by atoms with Crippen LogP contribution in [0.3, 0.4) is 0 Å². The average Bonchev–Trinajstić information content (AvgIpc) is 2.78. The minimum Gasteiger partial charge on any atom is -0.457 e. The monoisotopic (exact) mass is 443 g/mol. The molecule has 1 heterocycles. The molecule has 0 saturated carbocycles. The van der Waals surface area contributed by atoms with Gasteiger partial charge in [-0.3, -0.25) is 4.79 Å². The summed E-state index contributed by atoms with van der Waals surface area (Å²) in [5.41, 5.74) is 4.41. The predicted octanol–water partition coefficient (Wildman–Crippen LogP) is 3.31. The summed E-state index contributed by atoms with van der Waals surface area (Å²) in [6.45, 7) is 0. The number of halogens is 3. The van der Waals surface area contributed by atoms with Crippen molar-refractivity contribution < 1.29 is 32.9 Å². The van der Waals surface area contributed by atoms with Crippen molar-refractivity contribution in [3.8, 4) is 28.8 Å². The molecule has 0 fully saturated rings. The number of carbonyl (C=O) groups excluding carboxylic acids is 1. The molecule has 0 aliphatic rings. The molecule has 3 aromatic rings. The fourth-order valence-electron chi connectivity index (χ4n) is 2.84. The van der Waals surface area contributed by atoms with Crippen molar-refractivity contribution in [1.82, 2.24) is 4.98 Å². The molecule has 1 aromatic heterocycles. The Morgan fingerprint density at radius 2 is 1.72 bits per heavy atom. The molecule has 10 heteroatoms. The number of aromatic nitrogens is 1. The molecule has 2 atom stereocenters.